The molecule has 0 heterocycles. The highest BCUT2D eigenvalue weighted by molar-refractivity contribution is 14.1. The molecular formula is C5F11IO. The number of rotatable bonds is 3. The molecule has 0 aromatic carbocycles. The molecule has 0 unspecified atom stereocenters. The zero-order valence-electron chi connectivity index (χ0n) is 7.44. The molecule has 0 spiro atoms. The predicted molar refractivity (Wildman–Crippen MR) is 40.9 cm³/mol. The van der Waals surface area contributed by atoms with Gasteiger partial charge in [-0.1, -0.05) is 0 Å². The van der Waals surface area contributed by atoms with Crippen LogP contribution in [0.15, 0.2) is 0 Å². The Morgan fingerprint density at radius 1 is 0.611 bits per heavy atom. The normalized spacial score (nSPS) is 18.7. The van der Waals surface area contributed by atoms with Gasteiger partial charge in [0.15, 0.2) is 0 Å². The molecule has 1 nitrogen and oxygen atoms in total. The van der Waals surface area contributed by atoms with Gasteiger partial charge in [-0.25, -0.2) is 0 Å². The second-order valence-electron chi connectivity index (χ2n) is 2.71. The van der Waals surface area contributed by atoms with Crippen LogP contribution >= 0.6 is 22.6 Å². The minimum Gasteiger partial charge on any atom is -0.261 e. The lowest BCUT2D eigenvalue weighted by Gasteiger charge is -2.32. The largest absolute Gasteiger partial charge is 0.462 e. The molecule has 0 aromatic heterocycles. The third-order valence-electron chi connectivity index (χ3n) is 1.31. The van der Waals surface area contributed by atoms with Gasteiger partial charge in [-0.2, -0.15) is 48.3 Å². The van der Waals surface area contributed by atoms with Crippen LogP contribution in [0.5, 0.6) is 0 Å². The smallest absolute Gasteiger partial charge is 0.261 e. The molecule has 0 radical (unpaired) electrons. The molecule has 0 bridgehead atoms. The Kier molecular flexibility index (Phi) is 4.47. The van der Waals surface area contributed by atoms with Crippen LogP contribution in [0.25, 0.3) is 0 Å². The van der Waals surface area contributed by atoms with Crippen molar-refractivity contribution in [2.24, 2.45) is 0 Å². The van der Waals surface area contributed by atoms with Gasteiger partial charge in [0.05, 0.1) is 0 Å². The molecule has 110 valence electrons. The first-order chi connectivity index (χ1) is 7.46. The zero-order valence-corrected chi connectivity index (χ0v) is 9.60. The third kappa shape index (κ3) is 3.27. The maximum absolute atomic E-state index is 12.5. The first-order valence-electron chi connectivity index (χ1n) is 3.43. The van der Waals surface area contributed by atoms with E-state index in [1.165, 1.54) is 0 Å². The zero-order chi connectivity index (χ0) is 15.2. The molecule has 0 fully saturated rings. The predicted octanol–water partition coefficient (Wildman–Crippen LogP) is 4.41. The molecule has 0 amide bonds. The fraction of sp³-hybridized carbons (Fsp3) is 1.00. The summed E-state index contributed by atoms with van der Waals surface area (Å²) in [6.07, 6.45) is -19.9. The van der Waals surface area contributed by atoms with E-state index in [9.17, 15) is 48.3 Å². The van der Waals surface area contributed by atoms with Gasteiger partial charge in [0.25, 0.3) is 0 Å². The maximum Gasteiger partial charge on any atom is 0.462 e. The molecule has 0 saturated carbocycles. The van der Waals surface area contributed by atoms with Gasteiger partial charge in [0.2, 0.25) is 0 Å². The Morgan fingerprint density at radius 2 is 0.944 bits per heavy atom. The van der Waals surface area contributed by atoms with E-state index in [0.29, 0.717) is 0 Å². The minimum atomic E-state index is -6.99. The van der Waals surface area contributed by atoms with E-state index in [0.717, 1.165) is 0 Å². The molecule has 0 aromatic rings. The molecule has 0 aliphatic rings. The topological polar surface area (TPSA) is 9.23 Å². The molecule has 18 heavy (non-hydrogen) atoms. The van der Waals surface area contributed by atoms with E-state index in [-0.39, 0.29) is 0 Å². The Hall–Kier alpha value is -0.0800. The van der Waals surface area contributed by atoms with E-state index in [1.54, 1.807) is 0 Å². The van der Waals surface area contributed by atoms with Crippen molar-refractivity contribution in [3.63, 3.8) is 0 Å². The van der Waals surface area contributed by atoms with Crippen LogP contribution in [0.1, 0.15) is 0 Å². The molecular weight excluding hydrogens is 412 g/mol. The first-order valence-corrected chi connectivity index (χ1v) is 4.50. The van der Waals surface area contributed by atoms with Gasteiger partial charge in [0, 0.05) is 22.6 Å². The Bertz CT molecular complexity index is 302. The van der Waals surface area contributed by atoms with Crippen LogP contribution in [0.4, 0.5) is 48.3 Å². The summed E-state index contributed by atoms with van der Waals surface area (Å²) in [4.78, 5) is 0. The standard InChI is InChI=1S/C5F11IO/c6-1(7,2(8,9)10)4(14,15)18-5(16,17)3(11,12)13/t5-/m0/s1. The fourth-order valence-corrected chi connectivity index (χ4v) is 0.725. The summed E-state index contributed by atoms with van der Waals surface area (Å²) in [5, 5.41) is 0. The van der Waals surface area contributed by atoms with Gasteiger partial charge >= 0.3 is 28.2 Å². The third-order valence-corrected chi connectivity index (χ3v) is 2.14. The van der Waals surface area contributed by atoms with Crippen molar-refractivity contribution >= 4 is 22.6 Å². The summed E-state index contributed by atoms with van der Waals surface area (Å²) in [5.74, 6) is -6.99. The van der Waals surface area contributed by atoms with Crippen molar-refractivity contribution in [2.45, 2.75) is 28.2 Å². The second-order valence-corrected chi connectivity index (χ2v) is 4.09. The highest BCUT2D eigenvalue weighted by Crippen LogP contribution is 2.52. The number of hydrogen-bond acceptors (Lipinski definition) is 1. The number of ether oxygens (including phenoxy) is 1. The minimum absolute atomic E-state index is 0.519. The van der Waals surface area contributed by atoms with Crippen LogP contribution in [-0.2, 0) is 4.74 Å². The highest BCUT2D eigenvalue weighted by atomic mass is 127. The maximum atomic E-state index is 12.5. The first kappa shape index (κ1) is 17.9. The van der Waals surface area contributed by atoms with Crippen molar-refractivity contribution in [1.29, 1.82) is 0 Å². The van der Waals surface area contributed by atoms with Crippen LogP contribution in [0, 0.1) is 0 Å². The molecule has 13 heteroatoms. The van der Waals surface area contributed by atoms with Crippen molar-refractivity contribution in [1.82, 2.24) is 0 Å². The Labute approximate surface area is 104 Å². The summed E-state index contributed by atoms with van der Waals surface area (Å²) >= 11 is -0.519. The Morgan fingerprint density at radius 3 is 1.17 bits per heavy atom. The number of halogens is 12. The van der Waals surface area contributed by atoms with E-state index in [2.05, 4.69) is 0 Å². The van der Waals surface area contributed by atoms with Crippen molar-refractivity contribution in [2.75, 3.05) is 0 Å². The summed E-state index contributed by atoms with van der Waals surface area (Å²) in [5.41, 5.74) is 0. The lowest BCUT2D eigenvalue weighted by atomic mass is 10.3. The fourth-order valence-electron chi connectivity index (χ4n) is 0.448. The number of hydrogen-bond donors (Lipinski definition) is 0. The van der Waals surface area contributed by atoms with Gasteiger partial charge < -0.3 is 0 Å². The molecule has 0 saturated heterocycles. The van der Waals surface area contributed by atoms with E-state index in [1.807, 2.05) is 4.74 Å². The Balaban J connectivity index is 5.33. The average Bonchev–Trinajstić information content (AvgIpc) is 1.96. The summed E-state index contributed by atoms with van der Waals surface area (Å²) in [6.45, 7) is 0. The van der Waals surface area contributed by atoms with Gasteiger partial charge in [0.1, 0.15) is 0 Å². The molecule has 0 aliphatic heterocycles. The van der Waals surface area contributed by atoms with Crippen LogP contribution in [0.3, 0.4) is 0 Å². The molecule has 1 atom stereocenters. The van der Waals surface area contributed by atoms with Crippen molar-refractivity contribution < 1.29 is 53.0 Å². The quantitative estimate of drug-likeness (QED) is 0.379. The highest BCUT2D eigenvalue weighted by Gasteiger charge is 2.78. The molecule has 0 N–H and O–H groups in total. The van der Waals surface area contributed by atoms with Crippen LogP contribution < -0.4 is 0 Å². The SMILES string of the molecule is FC(F)(F)C(F)(F)C(F)(F)O[C@@](F)(I)C(F)(F)F. The lowest BCUT2D eigenvalue weighted by Crippen LogP contribution is -2.57. The van der Waals surface area contributed by atoms with E-state index < -0.39 is 50.8 Å². The van der Waals surface area contributed by atoms with E-state index >= 15 is 0 Å². The van der Waals surface area contributed by atoms with Crippen molar-refractivity contribution in [3.05, 3.63) is 0 Å². The summed E-state index contributed by atoms with van der Waals surface area (Å²) in [6, 6.07) is 0. The summed E-state index contributed by atoms with van der Waals surface area (Å²) < 4.78 is 127. The lowest BCUT2D eigenvalue weighted by molar-refractivity contribution is -0.460. The monoisotopic (exact) mass is 412 g/mol. The molecule has 0 rings (SSSR count). The van der Waals surface area contributed by atoms with Gasteiger partial charge in [-0.05, 0) is 0 Å². The molecule has 0 aliphatic carbocycles. The second kappa shape index (κ2) is 4.49. The van der Waals surface area contributed by atoms with Crippen LogP contribution in [-0.4, -0.2) is 28.2 Å². The van der Waals surface area contributed by atoms with Gasteiger partial charge in [-0.15, -0.1) is 0 Å². The number of alkyl halides is 12. The average molecular weight is 412 g/mol. The van der Waals surface area contributed by atoms with E-state index in [4.69, 9.17) is 0 Å². The van der Waals surface area contributed by atoms with Crippen LogP contribution in [0.2, 0.25) is 0 Å². The van der Waals surface area contributed by atoms with Crippen molar-refractivity contribution in [3.8, 4) is 0 Å². The van der Waals surface area contributed by atoms with Gasteiger partial charge in [-0.3, -0.25) is 4.74 Å². The summed E-state index contributed by atoms with van der Waals surface area (Å²) in [7, 11) is 0.